The third-order valence-electron chi connectivity index (χ3n) is 6.76. The van der Waals surface area contributed by atoms with E-state index in [-0.39, 0.29) is 11.2 Å². The molecular formula is C30H28Cl2N4O3S. The number of anilines is 1. The standard InChI is InChI=1S/C30H28Cl2N4O3S/c1-21(37)35-14-16-36(17-15-35)23-7-9-24(10-8-23)39-30(38)26-4-2-3-5-28(26)40-29(19-34-13-12-33-20-34)25-11-6-22(31)18-27(25)32/h2-13,18,20,29H,14-17,19H2,1H3. The van der Waals surface area contributed by atoms with Crippen LogP contribution in [0.5, 0.6) is 5.75 Å². The van der Waals surface area contributed by atoms with Crippen molar-refractivity contribution < 1.29 is 14.3 Å². The van der Waals surface area contributed by atoms with Gasteiger partial charge in [-0.2, -0.15) is 0 Å². The molecule has 2 heterocycles. The first-order valence-corrected chi connectivity index (χ1v) is 14.5. The van der Waals surface area contributed by atoms with Gasteiger partial charge < -0.3 is 19.1 Å². The fourth-order valence-electron chi connectivity index (χ4n) is 4.61. The van der Waals surface area contributed by atoms with Crippen LogP contribution in [0.3, 0.4) is 0 Å². The number of carbonyl (C=O) groups is 2. The first kappa shape index (κ1) is 28.1. The normalized spacial score (nSPS) is 14.2. The van der Waals surface area contributed by atoms with Crippen molar-refractivity contribution in [2.24, 2.45) is 0 Å². The van der Waals surface area contributed by atoms with Gasteiger partial charge in [0.05, 0.1) is 17.1 Å². The molecule has 0 bridgehead atoms. The molecule has 0 aliphatic carbocycles. The number of thioether (sulfide) groups is 1. The number of nitrogens with zero attached hydrogens (tertiary/aromatic N) is 4. The highest BCUT2D eigenvalue weighted by Crippen LogP contribution is 2.41. The van der Waals surface area contributed by atoms with E-state index in [1.54, 1.807) is 43.7 Å². The highest BCUT2D eigenvalue weighted by atomic mass is 35.5. The molecule has 0 radical (unpaired) electrons. The molecule has 0 saturated carbocycles. The highest BCUT2D eigenvalue weighted by Gasteiger charge is 2.22. The fraction of sp³-hybridized carbons (Fsp3) is 0.233. The number of hydrogen-bond donors (Lipinski definition) is 0. The van der Waals surface area contributed by atoms with Gasteiger partial charge in [0.2, 0.25) is 5.91 Å². The maximum absolute atomic E-state index is 13.3. The molecule has 1 amide bonds. The Morgan fingerprint density at radius 1 is 1.00 bits per heavy atom. The largest absolute Gasteiger partial charge is 0.423 e. The summed E-state index contributed by atoms with van der Waals surface area (Å²) in [5.74, 6) is 0.130. The zero-order valence-corrected chi connectivity index (χ0v) is 24.2. The summed E-state index contributed by atoms with van der Waals surface area (Å²) >= 11 is 14.3. The average Bonchev–Trinajstić information content (AvgIpc) is 3.47. The molecule has 7 nitrogen and oxygen atoms in total. The van der Waals surface area contributed by atoms with Gasteiger partial charge in [-0.3, -0.25) is 4.79 Å². The zero-order chi connectivity index (χ0) is 28.1. The lowest BCUT2D eigenvalue weighted by Gasteiger charge is -2.35. The van der Waals surface area contributed by atoms with Crippen molar-refractivity contribution >= 4 is 52.5 Å². The van der Waals surface area contributed by atoms with E-state index < -0.39 is 5.97 Å². The maximum atomic E-state index is 13.3. The van der Waals surface area contributed by atoms with Gasteiger partial charge in [-0.15, -0.1) is 11.8 Å². The number of halogens is 2. The van der Waals surface area contributed by atoms with E-state index >= 15 is 0 Å². The third kappa shape index (κ3) is 6.81. The minimum Gasteiger partial charge on any atom is -0.423 e. The summed E-state index contributed by atoms with van der Waals surface area (Å²) < 4.78 is 7.76. The summed E-state index contributed by atoms with van der Waals surface area (Å²) in [4.78, 5) is 33.9. The predicted octanol–water partition coefficient (Wildman–Crippen LogP) is 6.61. The number of imidazole rings is 1. The Morgan fingerprint density at radius 3 is 2.42 bits per heavy atom. The Kier molecular flexibility index (Phi) is 8.99. The Hall–Kier alpha value is -3.46. The van der Waals surface area contributed by atoms with Crippen LogP contribution in [0.1, 0.15) is 28.1 Å². The number of piperazine rings is 1. The van der Waals surface area contributed by atoms with Crippen LogP contribution in [0, 0.1) is 0 Å². The Balaban J connectivity index is 1.31. The van der Waals surface area contributed by atoms with Crippen LogP contribution in [0.25, 0.3) is 0 Å². The molecule has 3 aromatic carbocycles. The zero-order valence-electron chi connectivity index (χ0n) is 21.9. The summed E-state index contributed by atoms with van der Waals surface area (Å²) in [6.45, 7) is 5.12. The van der Waals surface area contributed by atoms with Crippen molar-refractivity contribution in [3.8, 4) is 5.75 Å². The first-order chi connectivity index (χ1) is 19.4. The van der Waals surface area contributed by atoms with E-state index in [4.69, 9.17) is 27.9 Å². The quantitative estimate of drug-likeness (QED) is 0.130. The Labute approximate surface area is 247 Å². The summed E-state index contributed by atoms with van der Waals surface area (Å²) in [6, 6.07) is 20.4. The van der Waals surface area contributed by atoms with E-state index in [1.165, 1.54) is 11.8 Å². The van der Waals surface area contributed by atoms with Crippen LogP contribution < -0.4 is 9.64 Å². The smallest absolute Gasteiger partial charge is 0.344 e. The number of carbonyl (C=O) groups excluding carboxylic acids is 2. The molecule has 4 aromatic rings. The minimum absolute atomic E-state index is 0.102. The molecule has 0 N–H and O–H groups in total. The van der Waals surface area contributed by atoms with Gasteiger partial charge in [-0.25, -0.2) is 9.78 Å². The molecule has 1 atom stereocenters. The van der Waals surface area contributed by atoms with Crippen molar-refractivity contribution in [2.45, 2.75) is 23.6 Å². The number of amides is 1. The molecule has 5 rings (SSSR count). The van der Waals surface area contributed by atoms with Gasteiger partial charge in [-0.1, -0.05) is 41.4 Å². The lowest BCUT2D eigenvalue weighted by molar-refractivity contribution is -0.129. The van der Waals surface area contributed by atoms with Crippen molar-refractivity contribution in [3.63, 3.8) is 0 Å². The number of aromatic nitrogens is 2. The van der Waals surface area contributed by atoms with E-state index in [9.17, 15) is 9.59 Å². The molecule has 1 unspecified atom stereocenters. The number of ether oxygens (including phenoxy) is 1. The van der Waals surface area contributed by atoms with Crippen LogP contribution in [-0.2, 0) is 11.3 Å². The molecule has 10 heteroatoms. The number of esters is 1. The fourth-order valence-corrected chi connectivity index (χ4v) is 6.53. The second-order valence-electron chi connectivity index (χ2n) is 9.40. The van der Waals surface area contributed by atoms with Crippen LogP contribution in [0.15, 0.2) is 90.3 Å². The molecule has 1 aliphatic heterocycles. The molecule has 0 spiro atoms. The van der Waals surface area contributed by atoms with Gasteiger partial charge in [0.1, 0.15) is 5.75 Å². The van der Waals surface area contributed by atoms with E-state index in [0.717, 1.165) is 29.2 Å². The average molecular weight is 596 g/mol. The maximum Gasteiger partial charge on any atom is 0.344 e. The molecular weight excluding hydrogens is 567 g/mol. The molecule has 1 aromatic heterocycles. The van der Waals surface area contributed by atoms with Crippen molar-refractivity contribution in [3.05, 3.63) is 107 Å². The van der Waals surface area contributed by atoms with Crippen LogP contribution >= 0.6 is 35.0 Å². The van der Waals surface area contributed by atoms with Crippen molar-refractivity contribution in [1.29, 1.82) is 0 Å². The lowest BCUT2D eigenvalue weighted by atomic mass is 10.1. The van der Waals surface area contributed by atoms with Gasteiger partial charge in [0.25, 0.3) is 0 Å². The number of benzene rings is 3. The second kappa shape index (κ2) is 12.8. The van der Waals surface area contributed by atoms with E-state index in [0.29, 0.717) is 41.0 Å². The van der Waals surface area contributed by atoms with Crippen molar-refractivity contribution in [2.75, 3.05) is 31.1 Å². The van der Waals surface area contributed by atoms with E-state index in [2.05, 4.69) is 9.88 Å². The van der Waals surface area contributed by atoms with Crippen LogP contribution in [0.4, 0.5) is 5.69 Å². The first-order valence-electron chi connectivity index (χ1n) is 12.9. The summed E-state index contributed by atoms with van der Waals surface area (Å²) in [5, 5.41) is 1.01. The molecule has 206 valence electrons. The van der Waals surface area contributed by atoms with Crippen LogP contribution in [0.2, 0.25) is 10.0 Å². The van der Waals surface area contributed by atoms with Crippen LogP contribution in [-0.4, -0.2) is 52.5 Å². The topological polar surface area (TPSA) is 67.7 Å². The highest BCUT2D eigenvalue weighted by molar-refractivity contribution is 7.99. The Bertz CT molecular complexity index is 1470. The molecule has 1 aliphatic rings. The Morgan fingerprint density at radius 2 is 1.75 bits per heavy atom. The van der Waals surface area contributed by atoms with Gasteiger partial charge in [-0.05, 0) is 54.1 Å². The monoisotopic (exact) mass is 594 g/mol. The summed E-state index contributed by atoms with van der Waals surface area (Å²) in [7, 11) is 0. The molecule has 40 heavy (non-hydrogen) atoms. The lowest BCUT2D eigenvalue weighted by Crippen LogP contribution is -2.48. The van der Waals surface area contributed by atoms with Gasteiger partial charge in [0.15, 0.2) is 0 Å². The minimum atomic E-state index is -0.436. The van der Waals surface area contributed by atoms with Gasteiger partial charge >= 0.3 is 5.97 Å². The van der Waals surface area contributed by atoms with E-state index in [1.807, 2.05) is 58.1 Å². The van der Waals surface area contributed by atoms with Gasteiger partial charge in [0, 0.05) is 72.7 Å². The number of hydrogen-bond acceptors (Lipinski definition) is 6. The third-order valence-corrected chi connectivity index (χ3v) is 8.62. The molecule has 1 fully saturated rings. The summed E-state index contributed by atoms with van der Waals surface area (Å²) in [6.07, 6.45) is 5.38. The van der Waals surface area contributed by atoms with Crippen molar-refractivity contribution in [1.82, 2.24) is 14.5 Å². The second-order valence-corrected chi connectivity index (χ2v) is 11.5. The predicted molar refractivity (Wildman–Crippen MR) is 160 cm³/mol. The SMILES string of the molecule is CC(=O)N1CCN(c2ccc(OC(=O)c3ccccc3SC(Cn3ccnc3)c3ccc(Cl)cc3Cl)cc2)CC1. The summed E-state index contributed by atoms with van der Waals surface area (Å²) in [5.41, 5.74) is 2.41. The molecule has 1 saturated heterocycles. The number of rotatable bonds is 8.